The lowest BCUT2D eigenvalue weighted by Crippen LogP contribution is -2.35. The van der Waals surface area contributed by atoms with Crippen LogP contribution >= 0.6 is 47.8 Å². The van der Waals surface area contributed by atoms with Gasteiger partial charge in [0.25, 0.3) is 11.8 Å². The van der Waals surface area contributed by atoms with Crippen molar-refractivity contribution in [1.82, 2.24) is 5.43 Å². The fraction of sp³-hybridized carbons (Fsp3) is 0. The van der Waals surface area contributed by atoms with Crippen molar-refractivity contribution in [3.05, 3.63) is 61.0 Å². The normalized spacial score (nSPS) is 16.0. The summed E-state index contributed by atoms with van der Waals surface area (Å²) in [4.78, 5) is 24.7. The molecular formula is C16H9Br3N2O3. The zero-order valence-corrected chi connectivity index (χ0v) is 16.6. The van der Waals surface area contributed by atoms with Crippen molar-refractivity contribution in [2.75, 3.05) is 5.01 Å². The van der Waals surface area contributed by atoms with E-state index >= 15 is 0 Å². The topological polar surface area (TPSA) is 69.6 Å². The smallest absolute Gasteiger partial charge is 0.282 e. The van der Waals surface area contributed by atoms with Gasteiger partial charge in [-0.25, -0.2) is 5.01 Å². The summed E-state index contributed by atoms with van der Waals surface area (Å²) in [6.45, 7) is 0. The third-order valence-electron chi connectivity index (χ3n) is 3.33. The van der Waals surface area contributed by atoms with E-state index in [0.717, 1.165) is 4.47 Å². The minimum absolute atomic E-state index is 0.0478. The molecule has 8 heteroatoms. The van der Waals surface area contributed by atoms with Gasteiger partial charge in [-0.3, -0.25) is 15.0 Å². The van der Waals surface area contributed by atoms with E-state index in [1.807, 2.05) is 0 Å². The van der Waals surface area contributed by atoms with Gasteiger partial charge < -0.3 is 5.11 Å². The van der Waals surface area contributed by atoms with Crippen LogP contribution in [0.3, 0.4) is 0 Å². The fourth-order valence-corrected chi connectivity index (χ4v) is 3.70. The second-order valence-electron chi connectivity index (χ2n) is 4.94. The molecule has 1 aliphatic rings. The van der Waals surface area contributed by atoms with Gasteiger partial charge >= 0.3 is 0 Å². The highest BCUT2D eigenvalue weighted by Crippen LogP contribution is 2.34. The molecule has 1 fully saturated rings. The van der Waals surface area contributed by atoms with Gasteiger partial charge in [0.1, 0.15) is 11.3 Å². The summed E-state index contributed by atoms with van der Waals surface area (Å²) in [6.07, 6.45) is 1.36. The zero-order chi connectivity index (χ0) is 17.4. The summed E-state index contributed by atoms with van der Waals surface area (Å²) in [5.41, 5.74) is 3.35. The molecule has 0 saturated carbocycles. The molecule has 2 amide bonds. The molecule has 24 heavy (non-hydrogen) atoms. The molecule has 3 rings (SSSR count). The number of carbonyl (C=O) groups is 2. The lowest BCUT2D eigenvalue weighted by molar-refractivity contribution is -0.117. The highest BCUT2D eigenvalue weighted by Gasteiger charge is 2.34. The van der Waals surface area contributed by atoms with Crippen molar-refractivity contribution in [2.45, 2.75) is 0 Å². The maximum Gasteiger partial charge on any atom is 0.282 e. The molecule has 2 N–H and O–H groups in total. The third-order valence-corrected chi connectivity index (χ3v) is 4.92. The number of nitrogens with one attached hydrogen (secondary N) is 1. The predicted octanol–water partition coefficient (Wildman–Crippen LogP) is 4.14. The standard InChI is InChI=1S/C16H9Br3N2O3/c17-9-1-3-11(4-2-9)21-16(24)12(15(23)20-21)6-8-5-10(18)7-13(19)14(8)22/h1-7,22H,(H,20,23)/b12-6+. The summed E-state index contributed by atoms with van der Waals surface area (Å²) in [5.74, 6) is -1.07. The van der Waals surface area contributed by atoms with Crippen LogP contribution in [0.15, 0.2) is 55.4 Å². The predicted molar refractivity (Wildman–Crippen MR) is 101 cm³/mol. The van der Waals surface area contributed by atoms with E-state index < -0.39 is 11.8 Å². The van der Waals surface area contributed by atoms with E-state index in [2.05, 4.69) is 53.2 Å². The van der Waals surface area contributed by atoms with Gasteiger partial charge in [0, 0.05) is 14.5 Å². The van der Waals surface area contributed by atoms with E-state index in [1.165, 1.54) is 11.1 Å². The lowest BCUT2D eigenvalue weighted by Gasteiger charge is -2.14. The van der Waals surface area contributed by atoms with E-state index in [4.69, 9.17) is 0 Å². The first-order valence-corrected chi connectivity index (χ1v) is 9.05. The molecule has 0 unspecified atom stereocenters. The number of phenolic OH excluding ortho intramolecular Hbond substituents is 1. The van der Waals surface area contributed by atoms with Gasteiger partial charge in [-0.2, -0.15) is 0 Å². The first-order valence-electron chi connectivity index (χ1n) is 6.67. The van der Waals surface area contributed by atoms with Gasteiger partial charge in [0.05, 0.1) is 10.2 Å². The molecule has 1 aliphatic heterocycles. The Morgan fingerprint density at radius 2 is 1.67 bits per heavy atom. The molecular weight excluding hydrogens is 508 g/mol. The number of anilines is 1. The van der Waals surface area contributed by atoms with Gasteiger partial charge in [0.2, 0.25) is 0 Å². The van der Waals surface area contributed by atoms with Crippen molar-refractivity contribution >= 4 is 71.4 Å². The van der Waals surface area contributed by atoms with Crippen LogP contribution in [0.4, 0.5) is 5.69 Å². The molecule has 0 aliphatic carbocycles. The van der Waals surface area contributed by atoms with E-state index in [1.54, 1.807) is 36.4 Å². The maximum absolute atomic E-state index is 12.5. The SMILES string of the molecule is O=C1NN(c2ccc(Br)cc2)C(=O)/C1=C/c1cc(Br)cc(Br)c1O. The summed E-state index contributed by atoms with van der Waals surface area (Å²) >= 11 is 9.85. The number of phenols is 1. The number of aromatic hydroxyl groups is 1. The summed E-state index contributed by atoms with van der Waals surface area (Å²) in [6, 6.07) is 10.2. The van der Waals surface area contributed by atoms with Crippen molar-refractivity contribution in [3.63, 3.8) is 0 Å². The average Bonchev–Trinajstić information content (AvgIpc) is 2.81. The van der Waals surface area contributed by atoms with Crippen LogP contribution in [-0.2, 0) is 9.59 Å². The van der Waals surface area contributed by atoms with Crippen LogP contribution in [0.5, 0.6) is 5.75 Å². The minimum atomic E-state index is -0.529. The van der Waals surface area contributed by atoms with Crippen LogP contribution in [0.1, 0.15) is 5.56 Å². The van der Waals surface area contributed by atoms with Crippen LogP contribution in [-0.4, -0.2) is 16.9 Å². The second kappa shape index (κ2) is 6.70. The first-order chi connectivity index (χ1) is 11.4. The molecule has 1 heterocycles. The Bertz CT molecular complexity index is 879. The van der Waals surface area contributed by atoms with Crippen molar-refractivity contribution in [3.8, 4) is 5.75 Å². The minimum Gasteiger partial charge on any atom is -0.506 e. The Morgan fingerprint density at radius 1 is 1.00 bits per heavy atom. The number of carbonyl (C=O) groups excluding carboxylic acids is 2. The van der Waals surface area contributed by atoms with Gasteiger partial charge in [-0.05, 0) is 58.4 Å². The number of nitrogens with zero attached hydrogens (tertiary/aromatic N) is 1. The van der Waals surface area contributed by atoms with E-state index in [0.29, 0.717) is 20.2 Å². The lowest BCUT2D eigenvalue weighted by atomic mass is 10.1. The number of hydrogen-bond acceptors (Lipinski definition) is 3. The molecule has 0 radical (unpaired) electrons. The molecule has 0 bridgehead atoms. The first kappa shape index (κ1) is 17.2. The number of rotatable bonds is 2. The van der Waals surface area contributed by atoms with E-state index in [-0.39, 0.29) is 11.3 Å². The van der Waals surface area contributed by atoms with Gasteiger partial charge in [0.15, 0.2) is 0 Å². The molecule has 2 aromatic carbocycles. The monoisotopic (exact) mass is 514 g/mol. The van der Waals surface area contributed by atoms with Crippen LogP contribution in [0.25, 0.3) is 6.08 Å². The van der Waals surface area contributed by atoms with Crippen LogP contribution in [0.2, 0.25) is 0 Å². The third kappa shape index (κ3) is 3.26. The van der Waals surface area contributed by atoms with Crippen molar-refractivity contribution < 1.29 is 14.7 Å². The number of hydrazine groups is 1. The Morgan fingerprint density at radius 3 is 2.33 bits per heavy atom. The molecule has 0 atom stereocenters. The quantitative estimate of drug-likeness (QED) is 0.465. The summed E-state index contributed by atoms with van der Waals surface area (Å²) in [5, 5.41) is 11.3. The average molecular weight is 517 g/mol. The van der Waals surface area contributed by atoms with E-state index in [9.17, 15) is 14.7 Å². The van der Waals surface area contributed by atoms with Crippen molar-refractivity contribution in [2.24, 2.45) is 0 Å². The zero-order valence-electron chi connectivity index (χ0n) is 11.9. The van der Waals surface area contributed by atoms with Gasteiger partial charge in [-0.1, -0.05) is 31.9 Å². The number of hydrogen-bond donors (Lipinski definition) is 2. The molecule has 0 spiro atoms. The Balaban J connectivity index is 1.99. The Kier molecular flexibility index (Phi) is 4.80. The molecule has 5 nitrogen and oxygen atoms in total. The number of benzene rings is 2. The summed E-state index contributed by atoms with van der Waals surface area (Å²) < 4.78 is 2.03. The largest absolute Gasteiger partial charge is 0.506 e. The molecule has 2 aromatic rings. The maximum atomic E-state index is 12.5. The molecule has 122 valence electrons. The Labute approximate surface area is 162 Å². The summed E-state index contributed by atoms with van der Waals surface area (Å²) in [7, 11) is 0. The molecule has 1 saturated heterocycles. The highest BCUT2D eigenvalue weighted by atomic mass is 79.9. The number of amides is 2. The van der Waals surface area contributed by atoms with Gasteiger partial charge in [-0.15, -0.1) is 0 Å². The fourth-order valence-electron chi connectivity index (χ4n) is 2.18. The van der Waals surface area contributed by atoms with Crippen LogP contribution in [0, 0.1) is 0 Å². The van der Waals surface area contributed by atoms with Crippen molar-refractivity contribution in [1.29, 1.82) is 0 Å². The number of halogens is 3. The van der Waals surface area contributed by atoms with Crippen LogP contribution < -0.4 is 10.4 Å². The highest BCUT2D eigenvalue weighted by molar-refractivity contribution is 9.11. The Hall–Kier alpha value is -1.64. The molecule has 0 aromatic heterocycles. The second-order valence-corrected chi connectivity index (χ2v) is 7.63.